The van der Waals surface area contributed by atoms with Crippen molar-refractivity contribution >= 4 is 23.2 Å². The van der Waals surface area contributed by atoms with Crippen LogP contribution in [0.3, 0.4) is 0 Å². The average molecular weight is 524 g/mol. The Kier molecular flexibility index (Phi) is 6.82. The number of amides is 1. The van der Waals surface area contributed by atoms with Crippen molar-refractivity contribution in [2.75, 3.05) is 7.11 Å². The third-order valence-corrected chi connectivity index (χ3v) is 6.16. The molecule has 13 heteroatoms. The van der Waals surface area contributed by atoms with Gasteiger partial charge >= 0.3 is 0 Å². The van der Waals surface area contributed by atoms with E-state index in [4.69, 9.17) is 21.9 Å². The summed E-state index contributed by atoms with van der Waals surface area (Å²) in [5.41, 5.74) is 10.5. The molecule has 1 aliphatic carbocycles. The van der Waals surface area contributed by atoms with Crippen LogP contribution in [0.15, 0.2) is 59.9 Å². The maximum absolute atomic E-state index is 15.0. The van der Waals surface area contributed by atoms with Gasteiger partial charge in [-0.3, -0.25) is 4.79 Å². The largest absolute Gasteiger partial charge is 0.494 e. The molecule has 3 heterocycles. The number of hydrogen-bond donors (Lipinski definition) is 3. The van der Waals surface area contributed by atoms with Gasteiger partial charge in [-0.2, -0.15) is 5.11 Å². The summed E-state index contributed by atoms with van der Waals surface area (Å²) in [5.74, 6) is -0.698. The van der Waals surface area contributed by atoms with Crippen molar-refractivity contribution in [1.29, 1.82) is 5.53 Å². The fourth-order valence-corrected chi connectivity index (χ4v) is 4.08. The Bertz CT molecular complexity index is 1510. The first-order chi connectivity index (χ1) is 18.0. The van der Waals surface area contributed by atoms with Crippen molar-refractivity contribution < 1.29 is 13.9 Å². The molecule has 11 nitrogen and oxygen atoms in total. The Labute approximate surface area is 215 Å². The Hall–Kier alpha value is -4.32. The van der Waals surface area contributed by atoms with E-state index in [0.717, 1.165) is 11.3 Å². The van der Waals surface area contributed by atoms with Gasteiger partial charge in [0.1, 0.15) is 5.65 Å². The molecule has 0 atom stereocenters. The summed E-state index contributed by atoms with van der Waals surface area (Å²) >= 11 is 5.85. The highest BCUT2D eigenvalue weighted by molar-refractivity contribution is 6.29. The summed E-state index contributed by atoms with van der Waals surface area (Å²) in [5, 5.41) is 16.5. The minimum atomic E-state index is -0.671. The number of nitrogens with zero attached hydrogens (tertiary/aromatic N) is 6. The first-order valence-electron chi connectivity index (χ1n) is 11.5. The standard InChI is InChI=1S/C24H23ClFN9O2/c1-37-20-6-5-19(35-13-21(25)32-33-35)17(23(20)26)9-29-24(36)18(31-27)10-28-8-16-12-34-11-15(14-2-3-14)4-7-22(34)30-16/h4-7,10-14,27-28H,2-3,8-9H2,1H3,(H,29,36)/b18-10-,31-27?. The summed E-state index contributed by atoms with van der Waals surface area (Å²) in [7, 11) is 1.34. The highest BCUT2D eigenvalue weighted by atomic mass is 35.5. The highest BCUT2D eigenvalue weighted by Crippen LogP contribution is 2.39. The summed E-state index contributed by atoms with van der Waals surface area (Å²) in [4.78, 5) is 17.3. The number of methoxy groups -OCH3 is 1. The SMILES string of the molecule is COc1ccc(-n2cc(Cl)nn2)c(CNC(=O)/C(=C/NCc2cn3cc(C4CC4)ccc3n2)N=N)c1F. The maximum Gasteiger partial charge on any atom is 0.273 e. The first kappa shape index (κ1) is 24.4. The molecular formula is C24H23ClFN9O2. The molecule has 1 amide bonds. The number of rotatable bonds is 10. The van der Waals surface area contributed by atoms with Gasteiger partial charge < -0.3 is 19.8 Å². The molecule has 0 unspecified atom stereocenters. The molecule has 3 N–H and O–H groups in total. The highest BCUT2D eigenvalue weighted by Gasteiger charge is 2.24. The van der Waals surface area contributed by atoms with E-state index in [-0.39, 0.29) is 28.7 Å². The van der Waals surface area contributed by atoms with Gasteiger partial charge in [0.25, 0.3) is 5.91 Å². The molecule has 1 saturated carbocycles. The van der Waals surface area contributed by atoms with Crippen molar-refractivity contribution in [2.45, 2.75) is 31.8 Å². The van der Waals surface area contributed by atoms with E-state index in [1.807, 2.05) is 16.7 Å². The van der Waals surface area contributed by atoms with Crippen molar-refractivity contribution in [1.82, 2.24) is 35.0 Å². The van der Waals surface area contributed by atoms with Crippen LogP contribution >= 0.6 is 11.6 Å². The molecule has 3 aromatic heterocycles. The Morgan fingerprint density at radius 3 is 2.81 bits per heavy atom. The molecule has 37 heavy (non-hydrogen) atoms. The van der Waals surface area contributed by atoms with Crippen LogP contribution in [0.2, 0.25) is 5.15 Å². The third kappa shape index (κ3) is 5.28. The van der Waals surface area contributed by atoms with Gasteiger partial charge in [-0.1, -0.05) is 22.9 Å². The minimum Gasteiger partial charge on any atom is -0.494 e. The van der Waals surface area contributed by atoms with Crippen LogP contribution < -0.4 is 15.4 Å². The number of fused-ring (bicyclic) bond motifs is 1. The molecule has 5 rings (SSSR count). The van der Waals surface area contributed by atoms with Gasteiger partial charge in [0.2, 0.25) is 0 Å². The lowest BCUT2D eigenvalue weighted by atomic mass is 10.1. The van der Waals surface area contributed by atoms with E-state index in [0.29, 0.717) is 18.2 Å². The number of ether oxygens (including phenoxy) is 1. The van der Waals surface area contributed by atoms with Gasteiger partial charge in [0.15, 0.2) is 22.4 Å². The number of carbonyl (C=O) groups excluding carboxylic acids is 1. The van der Waals surface area contributed by atoms with Crippen LogP contribution in [0.25, 0.3) is 11.3 Å². The third-order valence-electron chi connectivity index (χ3n) is 5.99. The van der Waals surface area contributed by atoms with E-state index >= 15 is 4.39 Å². The molecule has 1 aliphatic rings. The van der Waals surface area contributed by atoms with Gasteiger partial charge in [0, 0.05) is 30.7 Å². The lowest BCUT2D eigenvalue weighted by Crippen LogP contribution is -2.26. The summed E-state index contributed by atoms with van der Waals surface area (Å²) < 4.78 is 23.4. The van der Waals surface area contributed by atoms with E-state index in [2.05, 4.69) is 43.3 Å². The lowest BCUT2D eigenvalue weighted by Gasteiger charge is -2.14. The fourth-order valence-electron chi connectivity index (χ4n) is 3.96. The summed E-state index contributed by atoms with van der Waals surface area (Å²) in [6, 6.07) is 7.10. The number of carbonyl (C=O) groups is 1. The Morgan fingerprint density at radius 1 is 1.27 bits per heavy atom. The van der Waals surface area contributed by atoms with Crippen molar-refractivity contribution in [3.63, 3.8) is 0 Å². The molecule has 4 aromatic rings. The molecule has 190 valence electrons. The molecule has 1 fully saturated rings. The Balaban J connectivity index is 1.26. The normalized spacial score (nSPS) is 13.5. The average Bonchev–Trinajstić information content (AvgIpc) is 3.53. The van der Waals surface area contributed by atoms with E-state index in [9.17, 15) is 4.79 Å². The molecule has 0 spiro atoms. The number of pyridine rings is 1. The summed E-state index contributed by atoms with van der Waals surface area (Å²) in [6.07, 6.45) is 9.19. The second-order valence-corrected chi connectivity index (χ2v) is 8.89. The van der Waals surface area contributed by atoms with Crippen molar-refractivity contribution in [3.05, 3.63) is 82.5 Å². The zero-order chi connectivity index (χ0) is 25.9. The maximum atomic E-state index is 15.0. The number of hydrogen-bond acceptors (Lipinski definition) is 8. The molecule has 0 saturated heterocycles. The second kappa shape index (κ2) is 10.3. The lowest BCUT2D eigenvalue weighted by molar-refractivity contribution is -0.117. The number of nitrogens with one attached hydrogen (secondary N) is 3. The molecular weight excluding hydrogens is 501 g/mol. The van der Waals surface area contributed by atoms with Crippen LogP contribution in [0.4, 0.5) is 4.39 Å². The zero-order valence-electron chi connectivity index (χ0n) is 19.8. The number of imidazole rings is 1. The number of halogens is 2. The molecule has 0 radical (unpaired) electrons. The van der Waals surface area contributed by atoms with Crippen LogP contribution in [0.1, 0.15) is 35.6 Å². The number of benzene rings is 1. The van der Waals surface area contributed by atoms with Crippen LogP contribution in [-0.2, 0) is 17.9 Å². The minimum absolute atomic E-state index is 0.00136. The molecule has 0 bridgehead atoms. The fraction of sp³-hybridized carbons (Fsp3) is 0.250. The van der Waals surface area contributed by atoms with E-state index in [1.54, 1.807) is 6.07 Å². The predicted molar refractivity (Wildman–Crippen MR) is 132 cm³/mol. The van der Waals surface area contributed by atoms with E-state index < -0.39 is 11.7 Å². The van der Waals surface area contributed by atoms with Crippen molar-refractivity contribution in [3.8, 4) is 11.4 Å². The van der Waals surface area contributed by atoms with Crippen LogP contribution in [0.5, 0.6) is 5.75 Å². The molecule has 1 aromatic carbocycles. The predicted octanol–water partition coefficient (Wildman–Crippen LogP) is 3.87. The monoisotopic (exact) mass is 523 g/mol. The van der Waals surface area contributed by atoms with Crippen LogP contribution in [-0.4, -0.2) is 37.4 Å². The Morgan fingerprint density at radius 2 is 2.11 bits per heavy atom. The topological polar surface area (TPSA) is 135 Å². The van der Waals surface area contributed by atoms with E-state index in [1.165, 1.54) is 48.7 Å². The second-order valence-electron chi connectivity index (χ2n) is 8.50. The van der Waals surface area contributed by atoms with Gasteiger partial charge in [-0.15, -0.1) is 5.10 Å². The van der Waals surface area contributed by atoms with Gasteiger partial charge in [0.05, 0.1) is 31.2 Å². The first-order valence-corrected chi connectivity index (χ1v) is 11.8. The van der Waals surface area contributed by atoms with Gasteiger partial charge in [-0.05, 0) is 42.5 Å². The zero-order valence-corrected chi connectivity index (χ0v) is 20.5. The summed E-state index contributed by atoms with van der Waals surface area (Å²) in [6.45, 7) is 0.103. The quantitative estimate of drug-likeness (QED) is 0.213. The number of aromatic nitrogens is 5. The molecule has 0 aliphatic heterocycles. The van der Waals surface area contributed by atoms with Crippen molar-refractivity contribution in [2.24, 2.45) is 5.11 Å². The van der Waals surface area contributed by atoms with Gasteiger partial charge in [-0.25, -0.2) is 19.6 Å². The van der Waals surface area contributed by atoms with Crippen LogP contribution in [0, 0.1) is 11.3 Å². The smallest absolute Gasteiger partial charge is 0.273 e.